The molecule has 1 rings (SSSR count). The molecule has 0 saturated heterocycles. The van der Waals surface area contributed by atoms with Gasteiger partial charge in [0.2, 0.25) is 0 Å². The molecular formula is C23H39BrN3O8PS2. The van der Waals surface area contributed by atoms with Crippen molar-refractivity contribution in [2.24, 2.45) is 10.8 Å². The first-order chi connectivity index (χ1) is 17.5. The van der Waals surface area contributed by atoms with Gasteiger partial charge in [0.15, 0.2) is 10.2 Å². The molecule has 0 aliphatic heterocycles. The third kappa shape index (κ3) is 13.1. The molecule has 1 heterocycles. The van der Waals surface area contributed by atoms with E-state index < -0.39 is 30.4 Å². The lowest BCUT2D eigenvalue weighted by Gasteiger charge is -2.22. The first kappa shape index (κ1) is 35.3. The van der Waals surface area contributed by atoms with Gasteiger partial charge < -0.3 is 10.5 Å². The summed E-state index contributed by atoms with van der Waals surface area (Å²) in [6.45, 7) is 10.9. The number of thioether (sulfide) groups is 2. The van der Waals surface area contributed by atoms with Crippen molar-refractivity contribution >= 4 is 63.3 Å². The molecule has 0 amide bonds. The van der Waals surface area contributed by atoms with Crippen molar-refractivity contribution in [3.05, 3.63) is 21.2 Å². The molecule has 0 spiro atoms. The van der Waals surface area contributed by atoms with Crippen molar-refractivity contribution < 1.29 is 32.5 Å². The highest BCUT2D eigenvalue weighted by molar-refractivity contribution is 9.10. The van der Waals surface area contributed by atoms with Crippen LogP contribution in [-0.2, 0) is 39.0 Å². The van der Waals surface area contributed by atoms with Crippen molar-refractivity contribution in [2.75, 3.05) is 44.2 Å². The van der Waals surface area contributed by atoms with Crippen LogP contribution in [0.1, 0.15) is 48.0 Å². The first-order valence-corrected chi connectivity index (χ1v) is 16.1. The van der Waals surface area contributed by atoms with Crippen LogP contribution in [0.15, 0.2) is 15.5 Å². The van der Waals surface area contributed by atoms with Crippen LogP contribution in [-0.4, -0.2) is 64.3 Å². The molecule has 2 N–H and O–H groups in total. The average molecular weight is 661 g/mol. The second kappa shape index (κ2) is 15.9. The van der Waals surface area contributed by atoms with Gasteiger partial charge in [-0.25, -0.2) is 9.36 Å². The van der Waals surface area contributed by atoms with E-state index in [0.717, 1.165) is 23.5 Å². The maximum absolute atomic E-state index is 13.3. The number of hydrogen-bond donors (Lipinski definition) is 1. The molecule has 1 atom stereocenters. The number of aromatic nitrogens is 2. The lowest BCUT2D eigenvalue weighted by atomic mass is 9.99. The smallest absolute Gasteiger partial charge is 0.383 e. The van der Waals surface area contributed by atoms with Crippen LogP contribution in [0.5, 0.6) is 0 Å². The van der Waals surface area contributed by atoms with Crippen molar-refractivity contribution in [1.29, 1.82) is 0 Å². The third-order valence-corrected chi connectivity index (χ3v) is 9.34. The van der Waals surface area contributed by atoms with Gasteiger partial charge in [-0.1, -0.05) is 65.1 Å². The summed E-state index contributed by atoms with van der Waals surface area (Å²) in [7, 11) is -2.58. The van der Waals surface area contributed by atoms with Gasteiger partial charge in [-0.05, 0) is 22.4 Å². The molecule has 0 bridgehead atoms. The Morgan fingerprint density at radius 3 is 2.00 bits per heavy atom. The van der Waals surface area contributed by atoms with E-state index in [9.17, 15) is 18.9 Å². The summed E-state index contributed by atoms with van der Waals surface area (Å²) in [5.41, 5.74) is 4.09. The molecule has 1 aromatic rings. The number of nitrogens with zero attached hydrogens (tertiary/aromatic N) is 2. The number of ether oxygens (including phenoxy) is 1. The summed E-state index contributed by atoms with van der Waals surface area (Å²) in [6, 6.07) is 0. The third-order valence-electron chi connectivity index (χ3n) is 4.78. The van der Waals surface area contributed by atoms with Crippen LogP contribution in [0.2, 0.25) is 0 Å². The normalized spacial score (nSPS) is 13.5. The Morgan fingerprint density at radius 2 is 1.55 bits per heavy atom. The Balaban J connectivity index is 2.76. The van der Waals surface area contributed by atoms with Gasteiger partial charge >= 0.3 is 13.5 Å². The number of carbonyl (C=O) groups excluding carboxylic acids is 2. The molecule has 218 valence electrons. The number of nitrogen functional groups attached to an aromatic ring is 1. The second-order valence-electron chi connectivity index (χ2n) is 10.3. The van der Waals surface area contributed by atoms with Crippen molar-refractivity contribution in [3.63, 3.8) is 0 Å². The Labute approximate surface area is 241 Å². The van der Waals surface area contributed by atoms with Gasteiger partial charge in [-0.2, -0.15) is 4.98 Å². The van der Waals surface area contributed by atoms with Gasteiger partial charge in [0, 0.05) is 42.2 Å². The number of methoxy groups -OCH3 is 1. The van der Waals surface area contributed by atoms with Crippen LogP contribution in [0.25, 0.3) is 0 Å². The van der Waals surface area contributed by atoms with Crippen LogP contribution >= 0.6 is 47.3 Å². The van der Waals surface area contributed by atoms with Crippen molar-refractivity contribution in [3.8, 4) is 0 Å². The summed E-state index contributed by atoms with van der Waals surface area (Å²) in [5, 5.41) is -0.0401. The molecule has 0 radical (unpaired) electrons. The molecule has 0 fully saturated rings. The van der Waals surface area contributed by atoms with E-state index in [0.29, 0.717) is 10.9 Å². The number of phosphoric acid groups is 1. The molecule has 1 unspecified atom stereocenters. The summed E-state index contributed by atoms with van der Waals surface area (Å²) in [6.07, 6.45) is 1.32. The van der Waals surface area contributed by atoms with E-state index in [1.807, 2.05) is 41.5 Å². The van der Waals surface area contributed by atoms with Crippen molar-refractivity contribution in [1.82, 2.24) is 9.55 Å². The fourth-order valence-corrected chi connectivity index (χ4v) is 5.83. The predicted octanol–water partition coefficient (Wildman–Crippen LogP) is 4.76. The summed E-state index contributed by atoms with van der Waals surface area (Å²) >= 11 is 5.39. The number of nitrogens with two attached hydrogens (primary N) is 1. The van der Waals surface area contributed by atoms with E-state index in [1.165, 1.54) is 17.9 Å². The first-order valence-electron chi connectivity index (χ1n) is 11.9. The lowest BCUT2D eigenvalue weighted by Crippen LogP contribution is -2.27. The number of carbonyl (C=O) groups is 2. The van der Waals surface area contributed by atoms with Crippen molar-refractivity contribution in [2.45, 2.75) is 60.6 Å². The molecule has 0 aliphatic rings. The van der Waals surface area contributed by atoms with Gasteiger partial charge in [-0.15, -0.1) is 0 Å². The molecule has 11 nitrogen and oxygen atoms in total. The number of rotatable bonds is 15. The lowest BCUT2D eigenvalue weighted by molar-refractivity contribution is -0.118. The quantitative estimate of drug-likeness (QED) is 0.204. The van der Waals surface area contributed by atoms with Crippen LogP contribution in [0.4, 0.5) is 5.82 Å². The largest absolute Gasteiger partial charge is 0.474 e. The average Bonchev–Trinajstić information content (AvgIpc) is 2.81. The number of hydrogen-bond acceptors (Lipinski definition) is 12. The zero-order valence-corrected chi connectivity index (χ0v) is 27.1. The second-order valence-corrected chi connectivity index (χ2v) is 14.9. The number of phosphoric ester groups is 1. The summed E-state index contributed by atoms with van der Waals surface area (Å²) in [5.74, 6) is 0.622. The fraction of sp³-hybridized carbons (Fsp3) is 0.739. The number of halogens is 1. The Kier molecular flexibility index (Phi) is 14.8. The van der Waals surface area contributed by atoms with Gasteiger partial charge in [0.05, 0.1) is 30.4 Å². The Bertz CT molecular complexity index is 1000. The minimum absolute atomic E-state index is 0.0201. The molecular weight excluding hydrogens is 621 g/mol. The highest BCUT2D eigenvalue weighted by Gasteiger charge is 2.30. The fourth-order valence-electron chi connectivity index (χ4n) is 2.48. The van der Waals surface area contributed by atoms with Crippen LogP contribution in [0, 0.1) is 10.8 Å². The van der Waals surface area contributed by atoms with Gasteiger partial charge in [0.25, 0.3) is 0 Å². The SMILES string of the molecule is COC(CCn1cc(Br)c(N)nc1=O)COP(=O)(OCCSC(=O)C(C)(C)C)OCCSC(=O)C(C)(C)C. The molecule has 0 saturated carbocycles. The molecule has 15 heteroatoms. The summed E-state index contributed by atoms with van der Waals surface area (Å²) in [4.78, 5) is 40.1. The van der Waals surface area contributed by atoms with E-state index in [-0.39, 0.29) is 53.9 Å². The Hall–Kier alpha value is -0.730. The molecule has 0 aromatic carbocycles. The van der Waals surface area contributed by atoms with Gasteiger partial charge in [0.1, 0.15) is 5.82 Å². The van der Waals surface area contributed by atoms with Gasteiger partial charge in [-0.3, -0.25) is 27.7 Å². The molecule has 0 aliphatic carbocycles. The highest BCUT2D eigenvalue weighted by Crippen LogP contribution is 2.50. The topological polar surface area (TPSA) is 149 Å². The minimum Gasteiger partial charge on any atom is -0.383 e. The van der Waals surface area contributed by atoms with E-state index in [1.54, 1.807) is 0 Å². The maximum atomic E-state index is 13.3. The monoisotopic (exact) mass is 659 g/mol. The van der Waals surface area contributed by atoms with E-state index >= 15 is 0 Å². The minimum atomic E-state index is -4.04. The van der Waals surface area contributed by atoms with Crippen LogP contribution < -0.4 is 11.4 Å². The Morgan fingerprint density at radius 1 is 1.05 bits per heavy atom. The van der Waals surface area contributed by atoms with Crippen LogP contribution in [0.3, 0.4) is 0 Å². The zero-order valence-electron chi connectivity index (χ0n) is 23.0. The predicted molar refractivity (Wildman–Crippen MR) is 155 cm³/mol. The molecule has 1 aromatic heterocycles. The van der Waals surface area contributed by atoms with E-state index in [4.69, 9.17) is 24.0 Å². The number of aryl methyl sites for hydroxylation is 1. The summed E-state index contributed by atoms with van der Waals surface area (Å²) < 4.78 is 37.1. The zero-order chi connectivity index (χ0) is 29.1. The van der Waals surface area contributed by atoms with E-state index in [2.05, 4.69) is 20.9 Å². The standard InChI is InChI=1S/C23H39BrN3O8PS2/c1-22(2,3)19(28)37-12-10-33-36(31,34-11-13-38-20(29)23(4,5)6)35-15-16(32-7)8-9-27-14-17(24)18(25)26-21(27)30/h14,16H,8-13,15H2,1-7H3,(H2,25,26,30). The number of anilines is 1. The molecule has 38 heavy (non-hydrogen) atoms. The maximum Gasteiger partial charge on any atom is 0.474 e. The highest BCUT2D eigenvalue weighted by atomic mass is 79.9.